The Balaban J connectivity index is 0.00000392. The van der Waals surface area contributed by atoms with Crippen LogP contribution < -0.4 is 10.6 Å². The second-order valence-electron chi connectivity index (χ2n) is 7.67. The predicted octanol–water partition coefficient (Wildman–Crippen LogP) is 1.90. The van der Waals surface area contributed by atoms with Gasteiger partial charge in [-0.2, -0.15) is 0 Å². The van der Waals surface area contributed by atoms with Crippen molar-refractivity contribution in [1.29, 1.82) is 0 Å². The van der Waals surface area contributed by atoms with Crippen LogP contribution in [0.2, 0.25) is 0 Å². The van der Waals surface area contributed by atoms with E-state index in [1.165, 1.54) is 32.4 Å². The molecule has 162 valence electrons. The molecule has 1 aromatic heterocycles. The van der Waals surface area contributed by atoms with Gasteiger partial charge in [0, 0.05) is 38.7 Å². The molecule has 2 rings (SSSR count). The van der Waals surface area contributed by atoms with E-state index in [0.717, 1.165) is 44.4 Å². The van der Waals surface area contributed by atoms with E-state index < -0.39 is 0 Å². The summed E-state index contributed by atoms with van der Waals surface area (Å²) in [7, 11) is 1.71. The van der Waals surface area contributed by atoms with Crippen molar-refractivity contribution in [2.75, 3.05) is 46.4 Å². The van der Waals surface area contributed by atoms with Crippen molar-refractivity contribution >= 4 is 29.9 Å². The molecule has 0 radical (unpaired) electrons. The molecule has 9 heteroatoms. The second-order valence-corrected chi connectivity index (χ2v) is 7.67. The van der Waals surface area contributed by atoms with Crippen LogP contribution in [0, 0.1) is 0 Å². The van der Waals surface area contributed by atoms with Gasteiger partial charge in [-0.15, -0.1) is 34.2 Å². The van der Waals surface area contributed by atoms with Crippen molar-refractivity contribution in [3.05, 3.63) is 12.2 Å². The Morgan fingerprint density at radius 3 is 2.61 bits per heavy atom. The number of halogens is 1. The van der Waals surface area contributed by atoms with Gasteiger partial charge in [-0.25, -0.2) is 0 Å². The van der Waals surface area contributed by atoms with Gasteiger partial charge in [-0.3, -0.25) is 9.89 Å². The Labute approximate surface area is 186 Å². The molecule has 0 amide bonds. The number of hydrogen-bond donors (Lipinski definition) is 2. The molecule has 2 heterocycles. The summed E-state index contributed by atoms with van der Waals surface area (Å²) < 4.78 is 7.23. The van der Waals surface area contributed by atoms with Gasteiger partial charge in [-0.1, -0.05) is 13.3 Å². The van der Waals surface area contributed by atoms with Gasteiger partial charge in [0.05, 0.1) is 13.2 Å². The van der Waals surface area contributed by atoms with Crippen molar-refractivity contribution in [2.24, 2.45) is 4.99 Å². The normalized spacial score (nSPS) is 15.9. The van der Waals surface area contributed by atoms with E-state index in [9.17, 15) is 0 Å². The van der Waals surface area contributed by atoms with Crippen LogP contribution in [0.15, 0.2) is 11.3 Å². The summed E-state index contributed by atoms with van der Waals surface area (Å²) in [5, 5.41) is 14.9. The molecule has 1 aliphatic heterocycles. The zero-order valence-electron chi connectivity index (χ0n) is 17.9. The highest BCUT2D eigenvalue weighted by molar-refractivity contribution is 14.0. The molecule has 28 heavy (non-hydrogen) atoms. The minimum absolute atomic E-state index is 0. The van der Waals surface area contributed by atoms with E-state index in [4.69, 9.17) is 9.73 Å². The topological polar surface area (TPSA) is 79.6 Å². The third kappa shape index (κ3) is 8.20. The van der Waals surface area contributed by atoms with Crippen molar-refractivity contribution in [2.45, 2.75) is 58.5 Å². The summed E-state index contributed by atoms with van der Waals surface area (Å²) in [6.45, 7) is 12.8. The lowest BCUT2D eigenvalue weighted by Crippen LogP contribution is -2.50. The lowest BCUT2D eigenvalue weighted by Gasteiger charge is -2.40. The third-order valence-electron chi connectivity index (χ3n) is 5.09. The Morgan fingerprint density at radius 1 is 1.21 bits per heavy atom. The highest BCUT2D eigenvalue weighted by atomic mass is 127. The molecular formula is C19H38IN7O. The molecule has 1 saturated heterocycles. The minimum atomic E-state index is 0. The number of likely N-dealkylation sites (tertiary alicyclic amines) is 1. The fourth-order valence-corrected chi connectivity index (χ4v) is 3.35. The van der Waals surface area contributed by atoms with Gasteiger partial charge in [0.2, 0.25) is 0 Å². The molecule has 1 aliphatic rings. The molecule has 0 saturated carbocycles. The van der Waals surface area contributed by atoms with Crippen LogP contribution in [0.1, 0.15) is 45.9 Å². The first-order valence-electron chi connectivity index (χ1n) is 10.2. The van der Waals surface area contributed by atoms with Gasteiger partial charge in [0.1, 0.15) is 12.2 Å². The van der Waals surface area contributed by atoms with Gasteiger partial charge >= 0.3 is 0 Å². The van der Waals surface area contributed by atoms with Gasteiger partial charge in [0.15, 0.2) is 5.96 Å². The minimum Gasteiger partial charge on any atom is -0.383 e. The quantitative estimate of drug-likeness (QED) is 0.218. The van der Waals surface area contributed by atoms with Crippen molar-refractivity contribution in [3.8, 4) is 0 Å². The maximum Gasteiger partial charge on any atom is 0.191 e. The van der Waals surface area contributed by atoms with Crippen molar-refractivity contribution < 1.29 is 4.74 Å². The fraction of sp³-hybridized carbons (Fsp3) is 0.842. The van der Waals surface area contributed by atoms with E-state index in [0.29, 0.717) is 6.61 Å². The largest absolute Gasteiger partial charge is 0.383 e. The highest BCUT2D eigenvalue weighted by Gasteiger charge is 2.27. The van der Waals surface area contributed by atoms with Crippen LogP contribution in [0.5, 0.6) is 0 Å². The molecule has 0 aliphatic carbocycles. The first-order chi connectivity index (χ1) is 13.1. The van der Waals surface area contributed by atoms with E-state index in [1.54, 1.807) is 13.4 Å². The summed E-state index contributed by atoms with van der Waals surface area (Å²) in [4.78, 5) is 7.43. The third-order valence-corrected chi connectivity index (χ3v) is 5.09. The molecule has 0 spiro atoms. The van der Waals surface area contributed by atoms with Crippen molar-refractivity contribution in [1.82, 2.24) is 30.3 Å². The second kappa shape index (κ2) is 13.3. The Kier molecular flexibility index (Phi) is 11.9. The van der Waals surface area contributed by atoms with Crippen LogP contribution in [-0.2, 0) is 17.7 Å². The number of guanidine groups is 1. The average Bonchev–Trinajstić information content (AvgIpc) is 3.14. The number of aromatic nitrogens is 3. The lowest BCUT2D eigenvalue weighted by molar-refractivity contribution is 0.102. The van der Waals surface area contributed by atoms with Gasteiger partial charge in [-0.05, 0) is 39.8 Å². The standard InChI is InChI=1S/C19H37N7O.HI/c1-5-17-24-23-16-25(17)13-9-20-18(21-10-14-27-4)22-15-19(2,3)26-11-7-6-8-12-26;/h16H,5-15H2,1-4H3,(H2,20,21,22);1H. The first kappa shape index (κ1) is 25.1. The molecule has 0 atom stereocenters. The highest BCUT2D eigenvalue weighted by Crippen LogP contribution is 2.20. The van der Waals surface area contributed by atoms with Crippen LogP contribution in [0.25, 0.3) is 0 Å². The van der Waals surface area contributed by atoms with Gasteiger partial charge < -0.3 is 19.9 Å². The first-order valence-corrected chi connectivity index (χ1v) is 10.2. The zero-order valence-corrected chi connectivity index (χ0v) is 20.2. The Morgan fingerprint density at radius 2 is 1.93 bits per heavy atom. The summed E-state index contributed by atoms with van der Waals surface area (Å²) in [6.07, 6.45) is 6.61. The van der Waals surface area contributed by atoms with E-state index in [1.807, 2.05) is 0 Å². The number of methoxy groups -OCH3 is 1. The summed E-state index contributed by atoms with van der Waals surface area (Å²) in [6, 6.07) is 0. The SMILES string of the molecule is CCc1nncn1CCNC(=NCC(C)(C)N1CCCCC1)NCCOC.I. The van der Waals surface area contributed by atoms with Crippen LogP contribution in [-0.4, -0.2) is 77.6 Å². The van der Waals surface area contributed by atoms with E-state index in [-0.39, 0.29) is 29.5 Å². The molecule has 0 unspecified atom stereocenters. The van der Waals surface area contributed by atoms with Crippen LogP contribution in [0.3, 0.4) is 0 Å². The average molecular weight is 507 g/mol. The maximum atomic E-state index is 5.15. The monoisotopic (exact) mass is 507 g/mol. The number of aliphatic imine (C=N–C) groups is 1. The Hall–Kier alpha value is -0.940. The molecule has 8 nitrogen and oxygen atoms in total. The number of nitrogens with zero attached hydrogens (tertiary/aromatic N) is 5. The molecule has 1 fully saturated rings. The number of piperidine rings is 1. The predicted molar refractivity (Wildman–Crippen MR) is 125 cm³/mol. The van der Waals surface area contributed by atoms with Gasteiger partial charge in [0.25, 0.3) is 0 Å². The van der Waals surface area contributed by atoms with E-state index >= 15 is 0 Å². The number of aryl methyl sites for hydroxylation is 1. The number of hydrogen-bond acceptors (Lipinski definition) is 5. The van der Waals surface area contributed by atoms with Crippen LogP contribution in [0.4, 0.5) is 0 Å². The van der Waals surface area contributed by atoms with Crippen molar-refractivity contribution in [3.63, 3.8) is 0 Å². The number of nitrogens with one attached hydrogen (secondary N) is 2. The molecular weight excluding hydrogens is 469 g/mol. The summed E-state index contributed by atoms with van der Waals surface area (Å²) in [5.74, 6) is 1.84. The Bertz CT molecular complexity index is 570. The van der Waals surface area contributed by atoms with E-state index in [2.05, 4.69) is 51.1 Å². The smallest absolute Gasteiger partial charge is 0.191 e. The number of rotatable bonds is 10. The molecule has 0 bridgehead atoms. The zero-order chi connectivity index (χ0) is 19.5. The molecule has 0 aromatic carbocycles. The molecule has 1 aromatic rings. The molecule has 2 N–H and O–H groups in total. The fourth-order valence-electron chi connectivity index (χ4n) is 3.35. The van der Waals surface area contributed by atoms with Crippen LogP contribution >= 0.6 is 24.0 Å². The maximum absolute atomic E-state index is 5.15. The number of ether oxygens (including phenoxy) is 1. The summed E-state index contributed by atoms with van der Waals surface area (Å²) in [5.41, 5.74) is 0.0694. The summed E-state index contributed by atoms with van der Waals surface area (Å²) >= 11 is 0. The lowest BCUT2D eigenvalue weighted by atomic mass is 9.99.